The molecule has 0 fully saturated rings. The first-order chi connectivity index (χ1) is 20.7. The summed E-state index contributed by atoms with van der Waals surface area (Å²) in [6.45, 7) is 1.20. The molecule has 3 aromatic carbocycles. The second kappa shape index (κ2) is 14.8. The van der Waals surface area contributed by atoms with Crippen molar-refractivity contribution in [3.63, 3.8) is 0 Å². The number of phenolic OH excluding ortho intramolecular Hbond substituents is 1. The number of nitrogens with two attached hydrogens (primary N) is 1. The highest BCUT2D eigenvalue weighted by atomic mass is 32.2. The molecule has 3 aromatic rings. The van der Waals surface area contributed by atoms with Gasteiger partial charge < -0.3 is 25.4 Å². The predicted molar refractivity (Wildman–Crippen MR) is 162 cm³/mol. The molecule has 0 aliphatic rings. The molecule has 0 unspecified atom stereocenters. The van der Waals surface area contributed by atoms with Gasteiger partial charge in [-0.2, -0.15) is 4.99 Å². The van der Waals surface area contributed by atoms with E-state index in [0.717, 1.165) is 24.8 Å². The normalized spacial score (nSPS) is 12.1. The second-order valence-corrected chi connectivity index (χ2v) is 13.3. The van der Waals surface area contributed by atoms with Crippen LogP contribution in [0.4, 0.5) is 4.79 Å². The summed E-state index contributed by atoms with van der Waals surface area (Å²) in [5.74, 6) is -2.00. The zero-order valence-electron chi connectivity index (χ0n) is 24.0. The standard InChI is InChI=1S/C29H33N3O10S2/c1-3-4-15-41-29(36)32-28(30)21-11-12-23(33)26(17-21)44(39,40)31-14-13-19-9-10-20(16-24(19)42-18-27(34)35)22-7-5-6-8-25(22)43(2,37)38/h5-12,16-17,31,33H,3-4,13-15,18H2,1-2H3,(H,34,35)(H2,30,32,36). The molecule has 44 heavy (non-hydrogen) atoms. The van der Waals surface area contributed by atoms with Gasteiger partial charge in [0, 0.05) is 23.9 Å². The van der Waals surface area contributed by atoms with Gasteiger partial charge in [0.1, 0.15) is 22.2 Å². The maximum Gasteiger partial charge on any atom is 0.435 e. The number of nitrogens with one attached hydrogen (secondary N) is 1. The molecule has 15 heteroatoms. The SMILES string of the molecule is CCCCOC(=O)N=C(N)c1ccc(O)c(S(=O)(=O)NCCc2ccc(-c3ccccc3S(C)(=O)=O)cc2OCC(=O)O)c1. The largest absolute Gasteiger partial charge is 0.507 e. The van der Waals surface area contributed by atoms with Crippen LogP contribution in [0.1, 0.15) is 30.9 Å². The lowest BCUT2D eigenvalue weighted by atomic mass is 10.0. The lowest BCUT2D eigenvalue weighted by molar-refractivity contribution is -0.139. The van der Waals surface area contributed by atoms with Crippen molar-refractivity contribution in [1.82, 2.24) is 4.72 Å². The quantitative estimate of drug-likeness (QED) is 0.113. The van der Waals surface area contributed by atoms with Gasteiger partial charge in [-0.05, 0) is 54.3 Å². The summed E-state index contributed by atoms with van der Waals surface area (Å²) < 4.78 is 63.5. The molecule has 3 rings (SSSR count). The Morgan fingerprint density at radius 1 is 1.00 bits per heavy atom. The van der Waals surface area contributed by atoms with Crippen LogP contribution in [0.2, 0.25) is 0 Å². The molecule has 0 aliphatic heterocycles. The van der Waals surface area contributed by atoms with Gasteiger partial charge in [-0.1, -0.05) is 43.7 Å². The molecule has 0 saturated heterocycles. The molecular weight excluding hydrogens is 614 g/mol. The Morgan fingerprint density at radius 2 is 1.73 bits per heavy atom. The first kappa shape index (κ1) is 34.0. The van der Waals surface area contributed by atoms with E-state index in [-0.39, 0.29) is 41.6 Å². The molecule has 0 spiro atoms. The van der Waals surface area contributed by atoms with Crippen LogP contribution in [0.5, 0.6) is 11.5 Å². The first-order valence-electron chi connectivity index (χ1n) is 13.3. The van der Waals surface area contributed by atoms with E-state index in [1.807, 2.05) is 6.92 Å². The number of carboxylic acids is 1. The molecule has 0 atom stereocenters. The van der Waals surface area contributed by atoms with E-state index in [1.165, 1.54) is 18.2 Å². The van der Waals surface area contributed by atoms with Crippen molar-refractivity contribution in [2.75, 3.05) is 26.0 Å². The van der Waals surface area contributed by atoms with Crippen LogP contribution < -0.4 is 15.2 Å². The van der Waals surface area contributed by atoms with Crippen LogP contribution in [0, 0.1) is 0 Å². The molecule has 5 N–H and O–H groups in total. The number of hydrogen-bond acceptors (Lipinski definition) is 9. The van der Waals surface area contributed by atoms with E-state index in [0.29, 0.717) is 23.1 Å². The van der Waals surface area contributed by atoms with Crippen molar-refractivity contribution in [3.05, 3.63) is 71.8 Å². The maximum atomic E-state index is 13.1. The average molecular weight is 648 g/mol. The van der Waals surface area contributed by atoms with Gasteiger partial charge in [0.25, 0.3) is 0 Å². The molecule has 0 aliphatic carbocycles. The fourth-order valence-electron chi connectivity index (χ4n) is 4.02. The van der Waals surface area contributed by atoms with Crippen LogP contribution in [0.25, 0.3) is 11.1 Å². The zero-order valence-corrected chi connectivity index (χ0v) is 25.7. The summed E-state index contributed by atoms with van der Waals surface area (Å²) in [6.07, 6.45) is 1.63. The number of aliphatic imine (C=N–C) groups is 1. The highest BCUT2D eigenvalue weighted by Gasteiger charge is 2.21. The number of amidine groups is 1. The van der Waals surface area contributed by atoms with Crippen molar-refractivity contribution in [2.45, 2.75) is 36.0 Å². The number of aliphatic carboxylic acids is 1. The lowest BCUT2D eigenvalue weighted by Crippen LogP contribution is -2.27. The minimum atomic E-state index is -4.30. The number of nitrogens with zero attached hydrogens (tertiary/aromatic N) is 1. The number of aromatic hydroxyl groups is 1. The zero-order chi connectivity index (χ0) is 32.5. The Balaban J connectivity index is 1.82. The van der Waals surface area contributed by atoms with Gasteiger partial charge in [0.2, 0.25) is 10.0 Å². The Morgan fingerprint density at radius 3 is 2.41 bits per heavy atom. The topological polar surface area (TPSA) is 212 Å². The number of rotatable bonds is 14. The first-order valence-corrected chi connectivity index (χ1v) is 16.7. The predicted octanol–water partition coefficient (Wildman–Crippen LogP) is 3.09. The molecule has 0 radical (unpaired) electrons. The van der Waals surface area contributed by atoms with Crippen LogP contribution in [0.3, 0.4) is 0 Å². The van der Waals surface area contributed by atoms with Crippen molar-refractivity contribution >= 4 is 37.8 Å². The van der Waals surface area contributed by atoms with Crippen molar-refractivity contribution in [1.29, 1.82) is 0 Å². The minimum Gasteiger partial charge on any atom is -0.507 e. The van der Waals surface area contributed by atoms with E-state index >= 15 is 0 Å². The smallest absolute Gasteiger partial charge is 0.435 e. The molecule has 236 valence electrons. The highest BCUT2D eigenvalue weighted by molar-refractivity contribution is 7.91. The number of carbonyl (C=O) groups is 2. The number of unbranched alkanes of at least 4 members (excludes halogenated alkanes) is 1. The van der Waals surface area contributed by atoms with Gasteiger partial charge in [-0.25, -0.2) is 31.1 Å². The van der Waals surface area contributed by atoms with Crippen molar-refractivity contribution < 1.29 is 46.1 Å². The summed E-state index contributed by atoms with van der Waals surface area (Å²) in [4.78, 5) is 26.2. The Hall–Kier alpha value is -4.47. The summed E-state index contributed by atoms with van der Waals surface area (Å²) in [5, 5.41) is 19.4. The lowest BCUT2D eigenvalue weighted by Gasteiger charge is -2.15. The number of hydrogen-bond donors (Lipinski definition) is 4. The molecule has 13 nitrogen and oxygen atoms in total. The molecular formula is C29H33N3O10S2. The van der Waals surface area contributed by atoms with Gasteiger partial charge in [-0.3, -0.25) is 0 Å². The number of carboxylic acid groups (broad SMARTS) is 1. The van der Waals surface area contributed by atoms with E-state index in [4.69, 9.17) is 20.3 Å². The molecule has 0 saturated carbocycles. The van der Waals surface area contributed by atoms with Gasteiger partial charge in [0.15, 0.2) is 16.4 Å². The number of benzene rings is 3. The molecule has 0 heterocycles. The highest BCUT2D eigenvalue weighted by Crippen LogP contribution is 2.32. The van der Waals surface area contributed by atoms with E-state index in [9.17, 15) is 31.5 Å². The third-order valence-corrected chi connectivity index (χ3v) is 8.83. The number of sulfonamides is 1. The Kier molecular flexibility index (Phi) is 11.5. The monoisotopic (exact) mass is 647 g/mol. The van der Waals surface area contributed by atoms with Crippen LogP contribution in [-0.4, -0.2) is 71.0 Å². The fraction of sp³-hybridized carbons (Fsp3) is 0.276. The Bertz CT molecular complexity index is 1770. The van der Waals surface area contributed by atoms with E-state index in [2.05, 4.69) is 9.71 Å². The second-order valence-electron chi connectivity index (χ2n) is 9.57. The number of sulfone groups is 1. The maximum absolute atomic E-state index is 13.1. The van der Waals surface area contributed by atoms with Crippen LogP contribution in [-0.2, 0) is 35.8 Å². The molecule has 0 aromatic heterocycles. The number of ether oxygens (including phenoxy) is 2. The summed E-state index contributed by atoms with van der Waals surface area (Å²) >= 11 is 0. The average Bonchev–Trinajstić information content (AvgIpc) is 2.96. The minimum absolute atomic E-state index is 0.0375. The Labute approximate surface area is 255 Å². The number of carbonyl (C=O) groups excluding carboxylic acids is 1. The summed E-state index contributed by atoms with van der Waals surface area (Å²) in [6, 6.07) is 14.4. The van der Waals surface area contributed by atoms with Crippen molar-refractivity contribution in [3.8, 4) is 22.6 Å². The van der Waals surface area contributed by atoms with Crippen LogP contribution >= 0.6 is 0 Å². The third-order valence-electron chi connectivity index (χ3n) is 6.18. The van der Waals surface area contributed by atoms with E-state index in [1.54, 1.807) is 30.3 Å². The van der Waals surface area contributed by atoms with Crippen LogP contribution in [0.15, 0.2) is 75.4 Å². The van der Waals surface area contributed by atoms with E-state index < -0.39 is 49.2 Å². The van der Waals surface area contributed by atoms with Gasteiger partial charge in [-0.15, -0.1) is 0 Å². The third kappa shape index (κ3) is 9.26. The van der Waals surface area contributed by atoms with Gasteiger partial charge >= 0.3 is 12.1 Å². The fourth-order valence-corrected chi connectivity index (χ4v) is 6.08. The molecule has 0 bridgehead atoms. The number of phenols is 1. The summed E-state index contributed by atoms with van der Waals surface area (Å²) in [5.41, 5.74) is 7.19. The summed E-state index contributed by atoms with van der Waals surface area (Å²) in [7, 11) is -7.88. The van der Waals surface area contributed by atoms with Gasteiger partial charge in [0.05, 0.1) is 11.5 Å². The number of amides is 1. The molecule has 1 amide bonds. The van der Waals surface area contributed by atoms with Crippen molar-refractivity contribution in [2.24, 2.45) is 10.7 Å².